The molecule has 2 aromatic rings. The monoisotopic (exact) mass is 462 g/mol. The third kappa shape index (κ3) is 5.30. The van der Waals surface area contributed by atoms with E-state index in [1.165, 1.54) is 11.1 Å². The number of carbonyl (C=O) groups is 3. The lowest BCUT2D eigenvalue weighted by Crippen LogP contribution is -2.41. The van der Waals surface area contributed by atoms with Crippen molar-refractivity contribution >= 4 is 18.0 Å². The van der Waals surface area contributed by atoms with Crippen LogP contribution in [0.15, 0.2) is 60.7 Å². The molecule has 1 unspecified atom stereocenters. The Morgan fingerprint density at radius 3 is 2.35 bits per heavy atom. The molecule has 0 heterocycles. The fourth-order valence-corrected chi connectivity index (χ4v) is 4.69. The van der Waals surface area contributed by atoms with Crippen molar-refractivity contribution < 1.29 is 24.2 Å². The number of hydrogen-bond donors (Lipinski definition) is 3. The third-order valence-corrected chi connectivity index (χ3v) is 6.64. The highest BCUT2D eigenvalue weighted by molar-refractivity contribution is 5.80. The van der Waals surface area contributed by atoms with Crippen LogP contribution in [0.5, 0.6) is 0 Å². The molecule has 3 N–H and O–H groups in total. The summed E-state index contributed by atoms with van der Waals surface area (Å²) in [5.41, 5.74) is 4.66. The summed E-state index contributed by atoms with van der Waals surface area (Å²) in [6, 6.07) is 16.1. The molecule has 0 aliphatic heterocycles. The van der Waals surface area contributed by atoms with E-state index in [0.717, 1.165) is 11.1 Å². The maximum Gasteiger partial charge on any atom is 0.407 e. The van der Waals surface area contributed by atoms with Crippen LogP contribution in [0, 0.1) is 11.8 Å². The lowest BCUT2D eigenvalue weighted by atomic mass is 9.91. The maximum absolute atomic E-state index is 12.5. The van der Waals surface area contributed by atoms with Crippen LogP contribution in [-0.4, -0.2) is 42.3 Å². The van der Waals surface area contributed by atoms with Crippen LogP contribution in [0.2, 0.25) is 0 Å². The smallest absolute Gasteiger partial charge is 0.407 e. The number of hydrogen-bond acceptors (Lipinski definition) is 4. The Morgan fingerprint density at radius 2 is 1.71 bits per heavy atom. The highest BCUT2D eigenvalue weighted by Gasteiger charge is 2.29. The van der Waals surface area contributed by atoms with Crippen molar-refractivity contribution in [3.05, 3.63) is 71.8 Å². The van der Waals surface area contributed by atoms with Gasteiger partial charge in [-0.2, -0.15) is 0 Å². The number of rotatable bonds is 8. The van der Waals surface area contributed by atoms with Crippen LogP contribution < -0.4 is 10.6 Å². The number of benzene rings is 2. The molecule has 0 saturated carbocycles. The molecular weight excluding hydrogens is 432 g/mol. The van der Waals surface area contributed by atoms with Crippen LogP contribution in [0.4, 0.5) is 4.79 Å². The number of alkyl carbamates (subject to hydrolysis) is 1. The number of fused-ring (bicyclic) bond motifs is 3. The number of carboxylic acid groups (broad SMARTS) is 1. The largest absolute Gasteiger partial charge is 0.481 e. The van der Waals surface area contributed by atoms with Gasteiger partial charge in [0, 0.05) is 24.4 Å². The molecule has 2 aliphatic rings. The first-order valence-electron chi connectivity index (χ1n) is 11.7. The van der Waals surface area contributed by atoms with Gasteiger partial charge >= 0.3 is 12.1 Å². The number of carbonyl (C=O) groups excluding carboxylic acids is 2. The summed E-state index contributed by atoms with van der Waals surface area (Å²) >= 11 is 0. The number of nitrogens with one attached hydrogen (secondary N) is 2. The molecule has 2 amide bonds. The molecule has 2 aliphatic carbocycles. The van der Waals surface area contributed by atoms with E-state index in [0.29, 0.717) is 25.8 Å². The zero-order valence-corrected chi connectivity index (χ0v) is 19.2. The van der Waals surface area contributed by atoms with Crippen molar-refractivity contribution in [3.8, 4) is 11.1 Å². The minimum Gasteiger partial charge on any atom is -0.481 e. The normalized spacial score (nSPS) is 19.6. The van der Waals surface area contributed by atoms with E-state index in [2.05, 4.69) is 34.9 Å². The summed E-state index contributed by atoms with van der Waals surface area (Å²) in [6.45, 7) is 2.34. The Kier molecular flexibility index (Phi) is 7.30. The minimum atomic E-state index is -0.844. The van der Waals surface area contributed by atoms with Crippen molar-refractivity contribution in [1.82, 2.24) is 10.6 Å². The Bertz CT molecular complexity index is 1050. The molecule has 3 atom stereocenters. The zero-order valence-electron chi connectivity index (χ0n) is 19.2. The van der Waals surface area contributed by atoms with Gasteiger partial charge in [-0.3, -0.25) is 9.59 Å². The van der Waals surface area contributed by atoms with Crippen LogP contribution >= 0.6 is 0 Å². The average molecular weight is 463 g/mol. The predicted octanol–water partition coefficient (Wildman–Crippen LogP) is 4.09. The van der Waals surface area contributed by atoms with Gasteiger partial charge in [0.1, 0.15) is 6.61 Å². The van der Waals surface area contributed by atoms with Crippen LogP contribution in [0.25, 0.3) is 11.1 Å². The fraction of sp³-hybridized carbons (Fsp3) is 0.370. The molecule has 0 saturated heterocycles. The summed E-state index contributed by atoms with van der Waals surface area (Å²) in [5.74, 6) is -1.80. The van der Waals surface area contributed by atoms with E-state index in [9.17, 15) is 19.5 Å². The van der Waals surface area contributed by atoms with Gasteiger partial charge in [-0.05, 0) is 41.5 Å². The second-order valence-corrected chi connectivity index (χ2v) is 8.99. The Hall–Kier alpha value is -3.61. The van der Waals surface area contributed by atoms with Crippen LogP contribution in [-0.2, 0) is 14.3 Å². The highest BCUT2D eigenvalue weighted by Crippen LogP contribution is 2.44. The lowest BCUT2D eigenvalue weighted by molar-refractivity contribution is -0.142. The Morgan fingerprint density at radius 1 is 1.06 bits per heavy atom. The molecule has 0 fully saturated rings. The van der Waals surface area contributed by atoms with Gasteiger partial charge in [-0.1, -0.05) is 67.6 Å². The van der Waals surface area contributed by atoms with E-state index in [4.69, 9.17) is 4.74 Å². The van der Waals surface area contributed by atoms with Gasteiger partial charge in [-0.15, -0.1) is 0 Å². The molecule has 2 aromatic carbocycles. The number of amides is 2. The molecule has 0 bridgehead atoms. The second kappa shape index (κ2) is 10.5. The van der Waals surface area contributed by atoms with Crippen LogP contribution in [0.3, 0.4) is 0 Å². The van der Waals surface area contributed by atoms with Crippen molar-refractivity contribution in [2.75, 3.05) is 13.2 Å². The number of ether oxygens (including phenoxy) is 1. The second-order valence-electron chi connectivity index (χ2n) is 8.99. The Labute approximate surface area is 199 Å². The molecule has 7 heteroatoms. The molecule has 4 rings (SSSR count). The highest BCUT2D eigenvalue weighted by atomic mass is 16.5. The summed E-state index contributed by atoms with van der Waals surface area (Å²) < 4.78 is 5.52. The molecule has 0 radical (unpaired) electrons. The lowest BCUT2D eigenvalue weighted by Gasteiger charge is -2.24. The number of allylic oxidation sites excluding steroid dienone is 1. The van der Waals surface area contributed by atoms with Crippen molar-refractivity contribution in [2.45, 2.75) is 38.1 Å². The minimum absolute atomic E-state index is 0.000952. The third-order valence-electron chi connectivity index (χ3n) is 6.64. The van der Waals surface area contributed by atoms with Gasteiger partial charge < -0.3 is 20.5 Å². The molecular formula is C27H30N2O5. The van der Waals surface area contributed by atoms with Gasteiger partial charge in [-0.25, -0.2) is 4.79 Å². The van der Waals surface area contributed by atoms with Crippen LogP contribution in [0.1, 0.15) is 43.2 Å². The van der Waals surface area contributed by atoms with Crippen molar-refractivity contribution in [2.24, 2.45) is 11.8 Å². The van der Waals surface area contributed by atoms with Gasteiger partial charge in [0.05, 0.1) is 5.92 Å². The summed E-state index contributed by atoms with van der Waals surface area (Å²) in [6.07, 6.45) is 4.47. The summed E-state index contributed by atoms with van der Waals surface area (Å²) in [4.78, 5) is 35.9. The predicted molar refractivity (Wildman–Crippen MR) is 128 cm³/mol. The van der Waals surface area contributed by atoms with Crippen molar-refractivity contribution in [3.63, 3.8) is 0 Å². The van der Waals surface area contributed by atoms with Gasteiger partial charge in [0.15, 0.2) is 0 Å². The standard InChI is InChI=1S/C27H30N2O5/c1-17(25(30)29-19-8-6-7-18(15-19)26(31)32)13-14-28-27(33)34-16-24-22-11-4-2-9-20(22)21-10-3-5-12-23(21)24/h2-6,8-12,17-19,24H,7,13-16H2,1H3,(H,28,33)(H,29,30)(H,31,32)/t17?,18-,19-/m1/s1. The van der Waals surface area contributed by atoms with Gasteiger partial charge in [0.25, 0.3) is 0 Å². The van der Waals surface area contributed by atoms with E-state index in [1.54, 1.807) is 13.0 Å². The first kappa shape index (κ1) is 23.5. The van der Waals surface area contributed by atoms with Gasteiger partial charge in [0.2, 0.25) is 5.91 Å². The first-order valence-corrected chi connectivity index (χ1v) is 11.7. The summed E-state index contributed by atoms with van der Waals surface area (Å²) in [7, 11) is 0. The molecule has 178 valence electrons. The number of carboxylic acids is 1. The summed E-state index contributed by atoms with van der Waals surface area (Å²) in [5, 5.41) is 14.8. The molecule has 0 aromatic heterocycles. The van der Waals surface area contributed by atoms with E-state index < -0.39 is 18.0 Å². The topological polar surface area (TPSA) is 105 Å². The molecule has 7 nitrogen and oxygen atoms in total. The zero-order chi connectivity index (χ0) is 24.1. The molecule has 34 heavy (non-hydrogen) atoms. The number of aliphatic carboxylic acids is 1. The van der Waals surface area contributed by atoms with Crippen molar-refractivity contribution in [1.29, 1.82) is 0 Å². The average Bonchev–Trinajstić information content (AvgIpc) is 3.16. The van der Waals surface area contributed by atoms with E-state index in [1.807, 2.05) is 30.3 Å². The maximum atomic E-state index is 12.5. The van der Waals surface area contributed by atoms with E-state index in [-0.39, 0.29) is 30.4 Å². The molecule has 0 spiro atoms. The first-order chi connectivity index (χ1) is 16.4. The van der Waals surface area contributed by atoms with E-state index >= 15 is 0 Å². The SMILES string of the molecule is CC(CCNC(=O)OCC1c2ccccc2-c2ccccc21)C(=O)N[C@@H]1C=CC[C@@H](C(=O)O)C1. The quantitative estimate of drug-likeness (QED) is 0.513. The fourth-order valence-electron chi connectivity index (χ4n) is 4.69. The Balaban J connectivity index is 1.21.